The second-order valence-electron chi connectivity index (χ2n) is 3.35. The fourth-order valence-corrected chi connectivity index (χ4v) is 2.71. The van der Waals surface area contributed by atoms with Crippen molar-refractivity contribution in [2.24, 2.45) is 0 Å². The van der Waals surface area contributed by atoms with Crippen LogP contribution in [0.15, 0.2) is 21.7 Å². The molecule has 1 rings (SSSR count). The molecule has 0 aliphatic carbocycles. The SMILES string of the molecule is CC(Sc1cccs1)C(C)(C)O. The third-order valence-electron chi connectivity index (χ3n) is 1.78. The molecule has 0 bridgehead atoms. The maximum absolute atomic E-state index is 9.67. The fourth-order valence-electron chi connectivity index (χ4n) is 0.649. The molecule has 0 spiro atoms. The van der Waals surface area contributed by atoms with Crippen molar-refractivity contribution in [2.45, 2.75) is 35.8 Å². The average Bonchev–Trinajstić information content (AvgIpc) is 2.37. The summed E-state index contributed by atoms with van der Waals surface area (Å²) >= 11 is 3.44. The van der Waals surface area contributed by atoms with Crippen LogP contribution in [0.4, 0.5) is 0 Å². The van der Waals surface area contributed by atoms with Gasteiger partial charge in [-0.25, -0.2) is 0 Å². The Morgan fingerprint density at radius 1 is 1.58 bits per heavy atom. The largest absolute Gasteiger partial charge is 0.389 e. The zero-order valence-corrected chi connectivity index (χ0v) is 9.21. The lowest BCUT2D eigenvalue weighted by Gasteiger charge is -2.24. The maximum Gasteiger partial charge on any atom is 0.0710 e. The van der Waals surface area contributed by atoms with Gasteiger partial charge in [0.25, 0.3) is 0 Å². The van der Waals surface area contributed by atoms with Crippen LogP contribution in [0.25, 0.3) is 0 Å². The van der Waals surface area contributed by atoms with Gasteiger partial charge in [-0.05, 0) is 25.3 Å². The molecule has 1 aromatic rings. The monoisotopic (exact) mass is 202 g/mol. The summed E-state index contributed by atoms with van der Waals surface area (Å²) in [6, 6.07) is 4.11. The van der Waals surface area contributed by atoms with E-state index in [0.717, 1.165) is 0 Å². The minimum Gasteiger partial charge on any atom is -0.389 e. The summed E-state index contributed by atoms with van der Waals surface area (Å²) in [5, 5.41) is 12.0. The highest BCUT2D eigenvalue weighted by atomic mass is 32.2. The van der Waals surface area contributed by atoms with E-state index in [0.29, 0.717) is 0 Å². The second-order valence-corrected chi connectivity index (χ2v) is 5.93. The highest BCUT2D eigenvalue weighted by Crippen LogP contribution is 2.32. The summed E-state index contributed by atoms with van der Waals surface area (Å²) in [7, 11) is 0. The number of thiophene rings is 1. The quantitative estimate of drug-likeness (QED) is 0.760. The van der Waals surface area contributed by atoms with Gasteiger partial charge in [-0.3, -0.25) is 0 Å². The summed E-state index contributed by atoms with van der Waals surface area (Å²) in [5.74, 6) is 0. The van der Waals surface area contributed by atoms with Gasteiger partial charge in [-0.15, -0.1) is 23.1 Å². The number of rotatable bonds is 3. The van der Waals surface area contributed by atoms with Gasteiger partial charge in [-0.2, -0.15) is 0 Å². The van der Waals surface area contributed by atoms with Crippen molar-refractivity contribution < 1.29 is 5.11 Å². The highest BCUT2D eigenvalue weighted by Gasteiger charge is 2.23. The Bertz CT molecular complexity index is 223. The molecule has 0 saturated heterocycles. The van der Waals surface area contributed by atoms with Gasteiger partial charge in [0.1, 0.15) is 0 Å². The molecule has 0 aromatic carbocycles. The van der Waals surface area contributed by atoms with Gasteiger partial charge >= 0.3 is 0 Å². The van der Waals surface area contributed by atoms with Gasteiger partial charge in [0.2, 0.25) is 0 Å². The Morgan fingerprint density at radius 3 is 2.67 bits per heavy atom. The lowest BCUT2D eigenvalue weighted by Crippen LogP contribution is -2.30. The molecule has 12 heavy (non-hydrogen) atoms. The second kappa shape index (κ2) is 3.81. The first-order valence-electron chi connectivity index (χ1n) is 3.92. The highest BCUT2D eigenvalue weighted by molar-refractivity contribution is 8.01. The maximum atomic E-state index is 9.67. The molecule has 0 aliphatic rings. The van der Waals surface area contributed by atoms with E-state index in [1.54, 1.807) is 23.1 Å². The van der Waals surface area contributed by atoms with E-state index in [1.165, 1.54) is 4.21 Å². The van der Waals surface area contributed by atoms with E-state index >= 15 is 0 Å². The van der Waals surface area contributed by atoms with Crippen molar-refractivity contribution >= 4 is 23.1 Å². The summed E-state index contributed by atoms with van der Waals surface area (Å²) in [6.45, 7) is 5.74. The molecule has 0 saturated carbocycles. The molecular formula is C9H14OS2. The minimum atomic E-state index is -0.603. The third kappa shape index (κ3) is 2.81. The van der Waals surface area contributed by atoms with Gasteiger partial charge in [0.05, 0.1) is 9.81 Å². The van der Waals surface area contributed by atoms with E-state index < -0.39 is 5.60 Å². The standard InChI is InChI=1S/C9H14OS2/c1-7(9(2,3)10)12-8-5-4-6-11-8/h4-7,10H,1-3H3. The molecule has 1 aromatic heterocycles. The van der Waals surface area contributed by atoms with Gasteiger partial charge in [0.15, 0.2) is 0 Å². The van der Waals surface area contributed by atoms with Crippen LogP contribution >= 0.6 is 23.1 Å². The number of hydrogen-bond acceptors (Lipinski definition) is 3. The molecule has 1 unspecified atom stereocenters. The smallest absolute Gasteiger partial charge is 0.0710 e. The Morgan fingerprint density at radius 2 is 2.25 bits per heavy atom. The molecule has 1 N–H and O–H groups in total. The molecule has 1 atom stereocenters. The fraction of sp³-hybridized carbons (Fsp3) is 0.556. The van der Waals surface area contributed by atoms with Crippen LogP contribution in [-0.2, 0) is 0 Å². The molecular weight excluding hydrogens is 188 g/mol. The van der Waals surface area contributed by atoms with Crippen LogP contribution in [-0.4, -0.2) is 16.0 Å². The first kappa shape index (κ1) is 10.1. The number of thioether (sulfide) groups is 1. The topological polar surface area (TPSA) is 20.2 Å². The first-order chi connectivity index (χ1) is 5.50. The molecule has 1 nitrogen and oxygen atoms in total. The van der Waals surface area contributed by atoms with Crippen LogP contribution in [0.3, 0.4) is 0 Å². The van der Waals surface area contributed by atoms with E-state index in [1.807, 2.05) is 26.8 Å². The molecule has 68 valence electrons. The van der Waals surface area contributed by atoms with Crippen LogP contribution in [0.2, 0.25) is 0 Å². The number of aliphatic hydroxyl groups is 1. The average molecular weight is 202 g/mol. The summed E-state index contributed by atoms with van der Waals surface area (Å²) in [6.07, 6.45) is 0. The van der Waals surface area contributed by atoms with Crippen molar-refractivity contribution in [3.63, 3.8) is 0 Å². The van der Waals surface area contributed by atoms with E-state index in [4.69, 9.17) is 0 Å². The molecule has 3 heteroatoms. The van der Waals surface area contributed by atoms with E-state index in [2.05, 4.69) is 11.4 Å². The lowest BCUT2D eigenvalue weighted by molar-refractivity contribution is 0.0824. The zero-order valence-electron chi connectivity index (χ0n) is 7.57. The summed E-state index contributed by atoms with van der Waals surface area (Å²) in [4.78, 5) is 0. The van der Waals surface area contributed by atoms with E-state index in [9.17, 15) is 5.11 Å². The third-order valence-corrected chi connectivity index (χ3v) is 4.32. The van der Waals surface area contributed by atoms with Crippen molar-refractivity contribution in [1.29, 1.82) is 0 Å². The predicted octanol–water partition coefficient (Wildman–Crippen LogP) is 3.00. The first-order valence-corrected chi connectivity index (χ1v) is 5.68. The lowest BCUT2D eigenvalue weighted by atomic mass is 10.1. The Balaban J connectivity index is 2.53. The van der Waals surface area contributed by atoms with Crippen molar-refractivity contribution in [1.82, 2.24) is 0 Å². The van der Waals surface area contributed by atoms with Crippen LogP contribution in [0.5, 0.6) is 0 Å². The Labute approximate surface area is 81.8 Å². The molecule has 0 amide bonds. The molecule has 0 fully saturated rings. The Kier molecular flexibility index (Phi) is 3.21. The molecule has 0 aliphatic heterocycles. The Hall–Kier alpha value is 0.01000. The van der Waals surface area contributed by atoms with Gasteiger partial charge < -0.3 is 5.11 Å². The van der Waals surface area contributed by atoms with Gasteiger partial charge in [0, 0.05) is 5.25 Å². The van der Waals surface area contributed by atoms with Crippen molar-refractivity contribution in [3.05, 3.63) is 17.5 Å². The van der Waals surface area contributed by atoms with Gasteiger partial charge in [-0.1, -0.05) is 13.0 Å². The zero-order chi connectivity index (χ0) is 9.19. The van der Waals surface area contributed by atoms with E-state index in [-0.39, 0.29) is 5.25 Å². The minimum absolute atomic E-state index is 0.233. The molecule has 0 radical (unpaired) electrons. The normalized spacial score (nSPS) is 14.7. The van der Waals surface area contributed by atoms with Crippen LogP contribution in [0, 0.1) is 0 Å². The predicted molar refractivity (Wildman–Crippen MR) is 55.9 cm³/mol. The van der Waals surface area contributed by atoms with Crippen LogP contribution in [0.1, 0.15) is 20.8 Å². The van der Waals surface area contributed by atoms with Crippen LogP contribution < -0.4 is 0 Å². The van der Waals surface area contributed by atoms with Crippen molar-refractivity contribution in [3.8, 4) is 0 Å². The summed E-state index contributed by atoms with van der Waals surface area (Å²) < 4.78 is 1.27. The van der Waals surface area contributed by atoms with Crippen molar-refractivity contribution in [2.75, 3.05) is 0 Å². The number of hydrogen-bond donors (Lipinski definition) is 1. The summed E-state index contributed by atoms with van der Waals surface area (Å²) in [5.41, 5.74) is -0.603. The molecule has 1 heterocycles.